The van der Waals surface area contributed by atoms with Crippen LogP contribution in [0.4, 0.5) is 4.39 Å². The highest BCUT2D eigenvalue weighted by Crippen LogP contribution is 2.34. The monoisotopic (exact) mass is 285 g/mol. The first-order valence-corrected chi connectivity index (χ1v) is 6.69. The molecule has 1 aromatic carbocycles. The van der Waals surface area contributed by atoms with Gasteiger partial charge in [-0.2, -0.15) is 0 Å². The molecule has 1 atom stereocenters. The highest BCUT2D eigenvalue weighted by molar-refractivity contribution is 9.10. The van der Waals surface area contributed by atoms with Gasteiger partial charge in [-0.15, -0.1) is 0 Å². The third-order valence-corrected chi connectivity index (χ3v) is 4.11. The van der Waals surface area contributed by atoms with Gasteiger partial charge in [-0.25, -0.2) is 4.39 Å². The molecule has 1 aliphatic rings. The second kappa shape index (κ2) is 5.28. The first-order chi connectivity index (χ1) is 7.70. The predicted octanol–water partition coefficient (Wildman–Crippen LogP) is 4.17. The lowest BCUT2D eigenvalue weighted by molar-refractivity contribution is 0.303. The Kier molecular flexibility index (Phi) is 3.98. The lowest BCUT2D eigenvalue weighted by Gasteiger charge is -2.28. The third-order valence-electron chi connectivity index (χ3n) is 3.50. The minimum Gasteiger partial charge on any atom is -0.324 e. The molecule has 1 nitrogen and oxygen atoms in total. The summed E-state index contributed by atoms with van der Waals surface area (Å²) < 4.78 is 14.4. The molecule has 1 saturated carbocycles. The quantitative estimate of drug-likeness (QED) is 0.867. The summed E-state index contributed by atoms with van der Waals surface area (Å²) >= 11 is 3.21. The van der Waals surface area contributed by atoms with E-state index in [0.717, 1.165) is 12.8 Å². The van der Waals surface area contributed by atoms with Crippen molar-refractivity contribution in [3.05, 3.63) is 34.1 Å². The molecule has 0 aliphatic heterocycles. The van der Waals surface area contributed by atoms with Gasteiger partial charge in [-0.1, -0.05) is 31.4 Å². The number of rotatable bonds is 2. The molecule has 0 aromatic heterocycles. The minimum atomic E-state index is -0.194. The summed E-state index contributed by atoms with van der Waals surface area (Å²) in [5, 5.41) is 0. The van der Waals surface area contributed by atoms with E-state index in [1.165, 1.54) is 19.3 Å². The molecular weight excluding hydrogens is 269 g/mol. The van der Waals surface area contributed by atoms with Crippen LogP contribution < -0.4 is 5.73 Å². The fraction of sp³-hybridized carbons (Fsp3) is 0.538. The molecule has 1 aliphatic carbocycles. The van der Waals surface area contributed by atoms with E-state index in [9.17, 15) is 4.39 Å². The SMILES string of the molecule is N[C@H](c1cccc(Br)c1F)C1CCCCC1. The molecule has 0 saturated heterocycles. The average molecular weight is 286 g/mol. The number of hydrogen-bond donors (Lipinski definition) is 1. The first kappa shape index (κ1) is 12.1. The van der Waals surface area contributed by atoms with Gasteiger partial charge in [0.05, 0.1) is 4.47 Å². The van der Waals surface area contributed by atoms with Gasteiger partial charge in [0, 0.05) is 11.6 Å². The lowest BCUT2D eigenvalue weighted by atomic mass is 9.81. The average Bonchev–Trinajstić information content (AvgIpc) is 2.33. The van der Waals surface area contributed by atoms with E-state index < -0.39 is 0 Å². The molecule has 3 heteroatoms. The maximum absolute atomic E-state index is 13.9. The van der Waals surface area contributed by atoms with E-state index >= 15 is 0 Å². The van der Waals surface area contributed by atoms with Crippen molar-refractivity contribution >= 4 is 15.9 Å². The Morgan fingerprint density at radius 2 is 1.94 bits per heavy atom. The van der Waals surface area contributed by atoms with Gasteiger partial charge in [0.15, 0.2) is 0 Å². The summed E-state index contributed by atoms with van der Waals surface area (Å²) in [5.41, 5.74) is 6.83. The van der Waals surface area contributed by atoms with Crippen LogP contribution in [0.5, 0.6) is 0 Å². The highest BCUT2D eigenvalue weighted by atomic mass is 79.9. The van der Waals surface area contributed by atoms with E-state index in [2.05, 4.69) is 15.9 Å². The fourth-order valence-electron chi connectivity index (χ4n) is 2.53. The number of halogens is 2. The molecule has 1 aromatic rings. The van der Waals surface area contributed by atoms with Crippen molar-refractivity contribution in [2.45, 2.75) is 38.1 Å². The molecule has 2 N–H and O–H groups in total. The topological polar surface area (TPSA) is 26.0 Å². The van der Waals surface area contributed by atoms with Crippen molar-refractivity contribution in [2.75, 3.05) is 0 Å². The molecule has 0 bridgehead atoms. The summed E-state index contributed by atoms with van der Waals surface area (Å²) in [7, 11) is 0. The van der Waals surface area contributed by atoms with Gasteiger partial charge in [0.2, 0.25) is 0 Å². The van der Waals surface area contributed by atoms with Crippen molar-refractivity contribution in [2.24, 2.45) is 11.7 Å². The van der Waals surface area contributed by atoms with Crippen molar-refractivity contribution in [3.8, 4) is 0 Å². The molecule has 0 heterocycles. The van der Waals surface area contributed by atoms with Crippen LogP contribution in [0.1, 0.15) is 43.7 Å². The number of benzene rings is 1. The zero-order chi connectivity index (χ0) is 11.5. The van der Waals surface area contributed by atoms with Gasteiger partial charge < -0.3 is 5.73 Å². The molecular formula is C13H17BrFN. The van der Waals surface area contributed by atoms with Crippen LogP contribution in [0.25, 0.3) is 0 Å². The second-order valence-corrected chi connectivity index (χ2v) is 5.42. The van der Waals surface area contributed by atoms with Crippen molar-refractivity contribution < 1.29 is 4.39 Å². The van der Waals surface area contributed by atoms with Gasteiger partial charge in [-0.3, -0.25) is 0 Å². The zero-order valence-corrected chi connectivity index (χ0v) is 10.8. The van der Waals surface area contributed by atoms with Crippen LogP contribution in [0, 0.1) is 11.7 Å². The summed E-state index contributed by atoms with van der Waals surface area (Å²) in [6, 6.07) is 5.22. The Morgan fingerprint density at radius 3 is 2.62 bits per heavy atom. The Hall–Kier alpha value is -0.410. The highest BCUT2D eigenvalue weighted by Gasteiger charge is 2.24. The second-order valence-electron chi connectivity index (χ2n) is 4.57. The van der Waals surface area contributed by atoms with Crippen molar-refractivity contribution in [1.29, 1.82) is 0 Å². The molecule has 0 spiro atoms. The maximum Gasteiger partial charge on any atom is 0.142 e. The van der Waals surface area contributed by atoms with Crippen LogP contribution in [-0.2, 0) is 0 Å². The summed E-state index contributed by atoms with van der Waals surface area (Å²) in [6.45, 7) is 0. The first-order valence-electron chi connectivity index (χ1n) is 5.89. The van der Waals surface area contributed by atoms with Crippen LogP contribution in [0.2, 0.25) is 0 Å². The predicted molar refractivity (Wildman–Crippen MR) is 67.6 cm³/mol. The summed E-state index contributed by atoms with van der Waals surface area (Å²) in [4.78, 5) is 0. The van der Waals surface area contributed by atoms with E-state index in [1.807, 2.05) is 6.07 Å². The van der Waals surface area contributed by atoms with Crippen molar-refractivity contribution in [1.82, 2.24) is 0 Å². The molecule has 88 valence electrons. The van der Waals surface area contributed by atoms with Crippen molar-refractivity contribution in [3.63, 3.8) is 0 Å². The van der Waals surface area contributed by atoms with E-state index in [4.69, 9.17) is 5.73 Å². The van der Waals surface area contributed by atoms with Crippen LogP contribution in [0.15, 0.2) is 22.7 Å². The van der Waals surface area contributed by atoms with Gasteiger partial charge in [0.1, 0.15) is 5.82 Å². The third kappa shape index (κ3) is 2.46. The van der Waals surface area contributed by atoms with Crippen LogP contribution >= 0.6 is 15.9 Å². The van der Waals surface area contributed by atoms with E-state index in [0.29, 0.717) is 16.0 Å². The van der Waals surface area contributed by atoms with Crippen LogP contribution in [0.3, 0.4) is 0 Å². The van der Waals surface area contributed by atoms with Crippen LogP contribution in [-0.4, -0.2) is 0 Å². The summed E-state index contributed by atoms with van der Waals surface area (Å²) in [5.74, 6) is 0.248. The van der Waals surface area contributed by atoms with E-state index in [-0.39, 0.29) is 11.9 Å². The molecule has 0 amide bonds. The smallest absolute Gasteiger partial charge is 0.142 e. The molecule has 0 unspecified atom stereocenters. The largest absolute Gasteiger partial charge is 0.324 e. The Bertz CT molecular complexity index is 361. The minimum absolute atomic E-state index is 0.155. The Labute approximate surface area is 104 Å². The summed E-state index contributed by atoms with van der Waals surface area (Å²) in [6.07, 6.45) is 6.02. The maximum atomic E-state index is 13.9. The zero-order valence-electron chi connectivity index (χ0n) is 9.26. The molecule has 0 radical (unpaired) electrons. The number of nitrogens with two attached hydrogens (primary N) is 1. The van der Waals surface area contributed by atoms with Gasteiger partial charge >= 0.3 is 0 Å². The molecule has 16 heavy (non-hydrogen) atoms. The van der Waals surface area contributed by atoms with Gasteiger partial charge in [-0.05, 0) is 40.8 Å². The Morgan fingerprint density at radius 1 is 1.25 bits per heavy atom. The normalized spacial score (nSPS) is 19.7. The molecule has 1 fully saturated rings. The van der Waals surface area contributed by atoms with E-state index in [1.54, 1.807) is 12.1 Å². The Balaban J connectivity index is 2.19. The lowest BCUT2D eigenvalue weighted by Crippen LogP contribution is -2.24. The fourth-order valence-corrected chi connectivity index (χ4v) is 2.91. The number of hydrogen-bond acceptors (Lipinski definition) is 1. The standard InChI is InChI=1S/C13H17BrFN/c14-11-8-4-7-10(12(11)15)13(16)9-5-2-1-3-6-9/h4,7-9,13H,1-3,5-6,16H2/t13-/m0/s1. The molecule has 2 rings (SSSR count). The van der Waals surface area contributed by atoms with Gasteiger partial charge in [0.25, 0.3) is 0 Å².